The predicted molar refractivity (Wildman–Crippen MR) is 61.6 cm³/mol. The summed E-state index contributed by atoms with van der Waals surface area (Å²) in [7, 11) is 0. The van der Waals surface area contributed by atoms with E-state index in [9.17, 15) is 22.0 Å². The Labute approximate surface area is 111 Å². The fraction of sp³-hybridized carbons (Fsp3) is 0.250. The minimum Gasteiger partial charge on any atom is -0.380 e. The molecule has 1 aromatic heterocycles. The first kappa shape index (κ1) is 14.3. The highest BCUT2D eigenvalue weighted by molar-refractivity contribution is 5.47. The molecule has 0 unspecified atom stereocenters. The lowest BCUT2D eigenvalue weighted by Crippen LogP contribution is -2.12. The van der Waals surface area contributed by atoms with Gasteiger partial charge in [-0.3, -0.25) is 4.68 Å². The average Bonchev–Trinajstić information content (AvgIpc) is 2.95. The van der Waals surface area contributed by atoms with Gasteiger partial charge in [-0.1, -0.05) is 0 Å². The number of aromatic nitrogens is 2. The molecule has 0 saturated heterocycles. The Morgan fingerprint density at radius 1 is 0.950 bits per heavy atom. The minimum atomic E-state index is -2.16. The summed E-state index contributed by atoms with van der Waals surface area (Å²) in [5.74, 6) is -9.81. The zero-order valence-corrected chi connectivity index (χ0v) is 10.1. The molecule has 0 radical (unpaired) electrons. The normalized spacial score (nSPS) is 10.8. The molecule has 0 aliphatic rings. The van der Waals surface area contributed by atoms with Gasteiger partial charge in [0.05, 0.1) is 0 Å². The van der Waals surface area contributed by atoms with Gasteiger partial charge in [-0.15, -0.1) is 0 Å². The minimum absolute atomic E-state index is 0.0399. The zero-order valence-electron chi connectivity index (χ0n) is 10.1. The molecule has 0 atom stereocenters. The lowest BCUT2D eigenvalue weighted by molar-refractivity contribution is 0.381. The van der Waals surface area contributed by atoms with E-state index >= 15 is 0 Å². The largest absolute Gasteiger partial charge is 0.380 e. The van der Waals surface area contributed by atoms with Crippen LogP contribution in [0.4, 0.5) is 27.6 Å². The number of rotatable bonds is 5. The predicted octanol–water partition coefficient (Wildman–Crippen LogP) is 3.08. The van der Waals surface area contributed by atoms with E-state index in [1.165, 1.54) is 0 Å². The van der Waals surface area contributed by atoms with Crippen molar-refractivity contribution in [3.05, 3.63) is 47.5 Å². The summed E-state index contributed by atoms with van der Waals surface area (Å²) in [6, 6.07) is 1.71. The highest BCUT2D eigenvalue weighted by Crippen LogP contribution is 2.26. The monoisotopic (exact) mass is 291 g/mol. The fourth-order valence-corrected chi connectivity index (χ4v) is 1.65. The van der Waals surface area contributed by atoms with Gasteiger partial charge in [0.25, 0.3) is 0 Å². The Hall–Kier alpha value is -2.12. The van der Waals surface area contributed by atoms with Crippen molar-refractivity contribution in [2.45, 2.75) is 13.0 Å². The molecule has 20 heavy (non-hydrogen) atoms. The second-order valence-corrected chi connectivity index (χ2v) is 3.99. The molecule has 108 valence electrons. The molecule has 0 bridgehead atoms. The Morgan fingerprint density at radius 2 is 1.55 bits per heavy atom. The first-order valence-electron chi connectivity index (χ1n) is 5.75. The second-order valence-electron chi connectivity index (χ2n) is 3.99. The maximum absolute atomic E-state index is 13.3. The van der Waals surface area contributed by atoms with Gasteiger partial charge >= 0.3 is 0 Å². The fourth-order valence-electron chi connectivity index (χ4n) is 1.65. The molecular weight excluding hydrogens is 281 g/mol. The van der Waals surface area contributed by atoms with Crippen molar-refractivity contribution in [3.63, 3.8) is 0 Å². The first-order valence-corrected chi connectivity index (χ1v) is 5.75. The van der Waals surface area contributed by atoms with E-state index in [0.29, 0.717) is 13.0 Å². The molecule has 1 heterocycles. The molecule has 0 aliphatic carbocycles. The Kier molecular flexibility index (Phi) is 4.21. The van der Waals surface area contributed by atoms with Gasteiger partial charge in [0.2, 0.25) is 5.82 Å². The Balaban J connectivity index is 2.02. The van der Waals surface area contributed by atoms with Crippen LogP contribution >= 0.6 is 0 Å². The molecule has 0 aliphatic heterocycles. The number of aryl methyl sites for hydroxylation is 1. The molecule has 1 aromatic carbocycles. The zero-order chi connectivity index (χ0) is 14.7. The van der Waals surface area contributed by atoms with Crippen LogP contribution in [0.3, 0.4) is 0 Å². The van der Waals surface area contributed by atoms with E-state index in [1.54, 1.807) is 23.1 Å². The van der Waals surface area contributed by atoms with Gasteiger partial charge in [-0.25, -0.2) is 22.0 Å². The molecule has 2 aromatic rings. The average molecular weight is 291 g/mol. The second kappa shape index (κ2) is 5.89. The number of hydrogen-bond acceptors (Lipinski definition) is 2. The topological polar surface area (TPSA) is 29.9 Å². The Morgan fingerprint density at radius 3 is 2.10 bits per heavy atom. The van der Waals surface area contributed by atoms with Gasteiger partial charge < -0.3 is 5.32 Å². The standard InChI is InChI=1S/C12H10F5N3/c13-7-8(14)10(16)12(11(17)9(7)15)18-3-1-5-20-6-2-4-19-20/h2,4,6,18H,1,3,5H2. The van der Waals surface area contributed by atoms with E-state index in [2.05, 4.69) is 10.4 Å². The molecule has 0 amide bonds. The maximum Gasteiger partial charge on any atom is 0.200 e. The van der Waals surface area contributed by atoms with Crippen LogP contribution in [-0.4, -0.2) is 16.3 Å². The van der Waals surface area contributed by atoms with E-state index < -0.39 is 34.8 Å². The van der Waals surface area contributed by atoms with Gasteiger partial charge in [-0.2, -0.15) is 5.10 Å². The number of benzene rings is 1. The molecule has 0 spiro atoms. The first-order chi connectivity index (χ1) is 9.52. The summed E-state index contributed by atoms with van der Waals surface area (Å²) in [6.07, 6.45) is 3.66. The summed E-state index contributed by atoms with van der Waals surface area (Å²) in [5, 5.41) is 6.12. The summed E-state index contributed by atoms with van der Waals surface area (Å²) in [5.41, 5.74) is -1.01. The summed E-state index contributed by atoms with van der Waals surface area (Å²) in [4.78, 5) is 0. The van der Waals surface area contributed by atoms with Crippen molar-refractivity contribution in [3.8, 4) is 0 Å². The van der Waals surface area contributed by atoms with Gasteiger partial charge in [0.1, 0.15) is 5.69 Å². The van der Waals surface area contributed by atoms with Crippen LogP contribution in [0.25, 0.3) is 0 Å². The van der Waals surface area contributed by atoms with E-state index in [0.717, 1.165) is 0 Å². The summed E-state index contributed by atoms with van der Waals surface area (Å²) < 4.78 is 66.8. The molecule has 1 N–H and O–H groups in total. The van der Waals surface area contributed by atoms with Crippen LogP contribution in [0, 0.1) is 29.1 Å². The van der Waals surface area contributed by atoms with Crippen molar-refractivity contribution in [1.82, 2.24) is 9.78 Å². The quantitative estimate of drug-likeness (QED) is 0.397. The molecule has 2 rings (SSSR count). The Bertz CT molecular complexity index is 569. The number of halogens is 5. The lowest BCUT2D eigenvalue weighted by Gasteiger charge is -2.10. The highest BCUT2D eigenvalue weighted by atomic mass is 19.2. The van der Waals surface area contributed by atoms with Crippen LogP contribution in [-0.2, 0) is 6.54 Å². The molecule has 0 fully saturated rings. The van der Waals surface area contributed by atoms with Crippen molar-refractivity contribution in [1.29, 1.82) is 0 Å². The third-order valence-corrected chi connectivity index (χ3v) is 2.63. The number of anilines is 1. The van der Waals surface area contributed by atoms with Crippen LogP contribution in [0.5, 0.6) is 0 Å². The molecule has 3 nitrogen and oxygen atoms in total. The highest BCUT2D eigenvalue weighted by Gasteiger charge is 2.25. The van der Waals surface area contributed by atoms with E-state index in [1.807, 2.05) is 0 Å². The summed E-state index contributed by atoms with van der Waals surface area (Å²) in [6.45, 7) is 0.494. The van der Waals surface area contributed by atoms with E-state index in [-0.39, 0.29) is 6.54 Å². The maximum atomic E-state index is 13.3. The third kappa shape index (κ3) is 2.73. The SMILES string of the molecule is Fc1c(F)c(F)c(NCCCn2cccn2)c(F)c1F. The molecule has 8 heteroatoms. The number of nitrogens with one attached hydrogen (secondary N) is 1. The molecule has 0 saturated carbocycles. The number of nitrogens with zero attached hydrogens (tertiary/aromatic N) is 2. The third-order valence-electron chi connectivity index (χ3n) is 2.63. The van der Waals surface area contributed by atoms with Gasteiger partial charge in [0, 0.05) is 25.5 Å². The van der Waals surface area contributed by atoms with E-state index in [4.69, 9.17) is 0 Å². The van der Waals surface area contributed by atoms with Crippen molar-refractivity contribution in [2.75, 3.05) is 11.9 Å². The van der Waals surface area contributed by atoms with Crippen LogP contribution < -0.4 is 5.32 Å². The lowest BCUT2D eigenvalue weighted by atomic mass is 10.2. The van der Waals surface area contributed by atoms with Gasteiger partial charge in [0.15, 0.2) is 23.3 Å². The van der Waals surface area contributed by atoms with Gasteiger partial charge in [-0.05, 0) is 12.5 Å². The molecular formula is C12H10F5N3. The van der Waals surface area contributed by atoms with Crippen molar-refractivity contribution in [2.24, 2.45) is 0 Å². The number of hydrogen-bond donors (Lipinski definition) is 1. The summed E-state index contributed by atoms with van der Waals surface area (Å²) >= 11 is 0. The van der Waals surface area contributed by atoms with Crippen molar-refractivity contribution >= 4 is 5.69 Å². The van der Waals surface area contributed by atoms with Crippen LogP contribution in [0.15, 0.2) is 18.5 Å². The van der Waals surface area contributed by atoms with Crippen LogP contribution in [0.2, 0.25) is 0 Å². The van der Waals surface area contributed by atoms with Crippen molar-refractivity contribution < 1.29 is 22.0 Å². The van der Waals surface area contributed by atoms with Crippen LogP contribution in [0.1, 0.15) is 6.42 Å². The smallest absolute Gasteiger partial charge is 0.200 e.